The Morgan fingerprint density at radius 3 is 2.42 bits per heavy atom. The van der Waals surface area contributed by atoms with E-state index < -0.39 is 47.4 Å². The summed E-state index contributed by atoms with van der Waals surface area (Å²) in [6.07, 6.45) is 8.66. The molecule has 4 aliphatic carbocycles. The van der Waals surface area contributed by atoms with Crippen LogP contribution in [0.3, 0.4) is 0 Å². The quantitative estimate of drug-likeness (QED) is 0.301. The monoisotopic (exact) mass is 599 g/mol. The zero-order valence-electron chi connectivity index (χ0n) is 25.9. The molecule has 0 bridgehead atoms. The van der Waals surface area contributed by atoms with Crippen LogP contribution in [0, 0.1) is 28.6 Å². The number of ether oxygens (including phenoxy) is 3. The number of esters is 3. The van der Waals surface area contributed by atoms with Gasteiger partial charge in [0.25, 0.3) is 0 Å². The molecule has 5 rings (SSSR count). The Morgan fingerprint density at radius 1 is 0.953 bits per heavy atom. The maximum atomic E-state index is 13.9. The highest BCUT2D eigenvalue weighted by Crippen LogP contribution is 2.68. The van der Waals surface area contributed by atoms with Crippen LogP contribution in [0.1, 0.15) is 97.8 Å². The third kappa shape index (κ3) is 5.33. The second-order valence-corrected chi connectivity index (χ2v) is 13.7. The predicted molar refractivity (Wildman–Crippen MR) is 153 cm³/mol. The molecule has 43 heavy (non-hydrogen) atoms. The first-order chi connectivity index (χ1) is 20.4. The van der Waals surface area contributed by atoms with Crippen molar-refractivity contribution in [1.29, 1.82) is 0 Å². The molecule has 10 nitrogen and oxygen atoms in total. The van der Waals surface area contributed by atoms with E-state index in [2.05, 4.69) is 13.8 Å². The van der Waals surface area contributed by atoms with Crippen LogP contribution in [0.25, 0.3) is 0 Å². The third-order valence-electron chi connectivity index (χ3n) is 11.8. The predicted octanol–water partition coefficient (Wildman–Crippen LogP) is 3.88. The van der Waals surface area contributed by atoms with Gasteiger partial charge in [-0.25, -0.2) is 4.79 Å². The Bertz CT molecular complexity index is 1240. The largest absolute Gasteiger partial charge is 0.467 e. The van der Waals surface area contributed by atoms with Gasteiger partial charge < -0.3 is 19.1 Å². The van der Waals surface area contributed by atoms with Gasteiger partial charge in [-0.3, -0.25) is 24.0 Å². The van der Waals surface area contributed by atoms with E-state index in [-0.39, 0.29) is 35.9 Å². The van der Waals surface area contributed by atoms with Crippen molar-refractivity contribution >= 4 is 35.4 Å². The number of amides is 1. The van der Waals surface area contributed by atoms with Crippen LogP contribution in [0.2, 0.25) is 0 Å². The summed E-state index contributed by atoms with van der Waals surface area (Å²) >= 11 is 0. The van der Waals surface area contributed by atoms with Crippen molar-refractivity contribution in [3.63, 3.8) is 0 Å². The number of carbonyl (C=O) groups excluding carboxylic acids is 6. The lowest BCUT2D eigenvalue weighted by Crippen LogP contribution is -2.59. The fourth-order valence-electron chi connectivity index (χ4n) is 9.62. The lowest BCUT2D eigenvalue weighted by Gasteiger charge is -2.59. The van der Waals surface area contributed by atoms with Crippen LogP contribution in [0.5, 0.6) is 0 Å². The lowest BCUT2D eigenvalue weighted by atomic mass is 9.46. The highest BCUT2D eigenvalue weighted by Gasteiger charge is 2.68. The molecule has 1 aliphatic heterocycles. The maximum absolute atomic E-state index is 13.9. The van der Waals surface area contributed by atoms with E-state index in [4.69, 9.17) is 14.2 Å². The average Bonchev–Trinajstić information content (AvgIpc) is 3.58. The zero-order valence-corrected chi connectivity index (χ0v) is 25.9. The van der Waals surface area contributed by atoms with Crippen molar-refractivity contribution in [3.8, 4) is 0 Å². The molecule has 0 N–H and O–H groups in total. The molecule has 0 unspecified atom stereocenters. The van der Waals surface area contributed by atoms with Crippen LogP contribution < -0.4 is 0 Å². The molecule has 0 aromatic heterocycles. The van der Waals surface area contributed by atoms with Crippen LogP contribution in [-0.2, 0) is 43.0 Å². The molecule has 0 radical (unpaired) electrons. The van der Waals surface area contributed by atoms with E-state index >= 15 is 0 Å². The number of Topliss-reactive ketones (excluding diaryl/α,β-unsaturated/α-hetero) is 1. The summed E-state index contributed by atoms with van der Waals surface area (Å²) < 4.78 is 16.1. The standard InChI is InChI=1S/C33H45NO9/c1-20(35)43-33(27(37)19-42-29(39)10-9-28(38)34-17-5-6-26(34)30(40)41-4)16-13-25-23-8-7-21-18-22(36)11-14-31(21,2)24(23)12-15-32(25,33)3/h18,23-26H,5-17,19H2,1-4H3/t23-,24-,25-,26+,31+,32+,33+/m1/s1. The number of hydrogen-bond donors (Lipinski definition) is 0. The van der Waals surface area contributed by atoms with Crippen molar-refractivity contribution < 1.29 is 43.0 Å². The van der Waals surface area contributed by atoms with Crippen LogP contribution in [0.15, 0.2) is 11.6 Å². The first-order valence-electron chi connectivity index (χ1n) is 15.9. The number of likely N-dealkylation sites (tertiary alicyclic amines) is 1. The van der Waals surface area contributed by atoms with Gasteiger partial charge in [0, 0.05) is 31.7 Å². The van der Waals surface area contributed by atoms with E-state index in [1.165, 1.54) is 24.5 Å². The van der Waals surface area contributed by atoms with E-state index in [1.807, 2.05) is 6.08 Å². The fourth-order valence-corrected chi connectivity index (χ4v) is 9.62. The number of carbonyl (C=O) groups is 6. The molecule has 7 atom stereocenters. The molecular weight excluding hydrogens is 554 g/mol. The average molecular weight is 600 g/mol. The highest BCUT2D eigenvalue weighted by atomic mass is 16.6. The van der Waals surface area contributed by atoms with Gasteiger partial charge in [0.05, 0.1) is 13.5 Å². The molecule has 3 saturated carbocycles. The van der Waals surface area contributed by atoms with Gasteiger partial charge in [-0.2, -0.15) is 0 Å². The molecule has 5 aliphatic rings. The summed E-state index contributed by atoms with van der Waals surface area (Å²) in [6, 6.07) is -0.639. The summed E-state index contributed by atoms with van der Waals surface area (Å²) in [5.41, 5.74) is -0.730. The maximum Gasteiger partial charge on any atom is 0.328 e. The lowest BCUT2D eigenvalue weighted by molar-refractivity contribution is -0.191. The third-order valence-corrected chi connectivity index (χ3v) is 11.8. The second kappa shape index (κ2) is 11.8. The Hall–Kier alpha value is -3.04. The van der Waals surface area contributed by atoms with Gasteiger partial charge in [0.2, 0.25) is 11.7 Å². The summed E-state index contributed by atoms with van der Waals surface area (Å²) in [4.78, 5) is 77.3. The molecule has 1 saturated heterocycles. The fraction of sp³-hybridized carbons (Fsp3) is 0.758. The Morgan fingerprint density at radius 2 is 1.70 bits per heavy atom. The Balaban J connectivity index is 1.25. The van der Waals surface area contributed by atoms with Crippen molar-refractivity contribution in [3.05, 3.63) is 11.6 Å². The van der Waals surface area contributed by atoms with E-state index in [1.54, 1.807) is 0 Å². The molecule has 4 fully saturated rings. The van der Waals surface area contributed by atoms with Crippen LogP contribution in [-0.4, -0.2) is 72.2 Å². The summed E-state index contributed by atoms with van der Waals surface area (Å²) in [6.45, 7) is 5.57. The topological polar surface area (TPSA) is 133 Å². The van der Waals surface area contributed by atoms with Crippen LogP contribution >= 0.6 is 0 Å². The Kier molecular flexibility index (Phi) is 8.62. The minimum Gasteiger partial charge on any atom is -0.467 e. The molecule has 10 heteroatoms. The molecule has 1 heterocycles. The number of methoxy groups -OCH3 is 1. The van der Waals surface area contributed by atoms with Gasteiger partial charge in [0.15, 0.2) is 18.0 Å². The second-order valence-electron chi connectivity index (χ2n) is 13.7. The minimum atomic E-state index is -1.38. The van der Waals surface area contributed by atoms with E-state index in [0.29, 0.717) is 50.5 Å². The molecular formula is C33H45NO9. The van der Waals surface area contributed by atoms with Gasteiger partial charge in [0.1, 0.15) is 6.04 Å². The smallest absolute Gasteiger partial charge is 0.328 e. The van der Waals surface area contributed by atoms with E-state index in [0.717, 1.165) is 32.1 Å². The molecule has 236 valence electrons. The number of hydrogen-bond acceptors (Lipinski definition) is 9. The number of allylic oxidation sites excluding steroid dienone is 1. The number of nitrogens with zero attached hydrogens (tertiary/aromatic N) is 1. The zero-order chi connectivity index (χ0) is 31.2. The summed E-state index contributed by atoms with van der Waals surface area (Å²) in [7, 11) is 1.28. The number of fused-ring (bicyclic) bond motifs is 5. The van der Waals surface area contributed by atoms with Crippen LogP contribution in [0.4, 0.5) is 0 Å². The molecule has 0 spiro atoms. The van der Waals surface area contributed by atoms with Gasteiger partial charge >= 0.3 is 17.9 Å². The van der Waals surface area contributed by atoms with Gasteiger partial charge in [-0.05, 0) is 87.0 Å². The minimum absolute atomic E-state index is 0.0201. The SMILES string of the molecule is COC(=O)[C@@H]1CCCN1C(=O)CCC(=O)OCC(=O)[C@@]1(OC(C)=O)CC[C@@H]2[C@@H]3CCC4=CC(=O)CC[C@]4(C)[C@@H]3CC[C@@]21C. The molecule has 1 amide bonds. The first kappa shape index (κ1) is 31.4. The number of ketones is 2. The molecule has 0 aromatic rings. The first-order valence-corrected chi connectivity index (χ1v) is 15.9. The number of rotatable bonds is 8. The van der Waals surface area contributed by atoms with Crippen molar-refractivity contribution in [1.82, 2.24) is 4.90 Å². The van der Waals surface area contributed by atoms with Crippen molar-refractivity contribution in [2.45, 2.75) is 109 Å². The highest BCUT2D eigenvalue weighted by molar-refractivity contribution is 5.94. The summed E-state index contributed by atoms with van der Waals surface area (Å²) in [5.74, 6) is -1.30. The van der Waals surface area contributed by atoms with Crippen molar-refractivity contribution in [2.75, 3.05) is 20.3 Å². The van der Waals surface area contributed by atoms with Gasteiger partial charge in [-0.15, -0.1) is 0 Å². The van der Waals surface area contributed by atoms with Gasteiger partial charge in [-0.1, -0.05) is 19.4 Å². The summed E-state index contributed by atoms with van der Waals surface area (Å²) in [5, 5.41) is 0. The van der Waals surface area contributed by atoms with E-state index in [9.17, 15) is 28.8 Å². The van der Waals surface area contributed by atoms with Crippen molar-refractivity contribution in [2.24, 2.45) is 28.6 Å². The molecule has 0 aromatic carbocycles. The normalized spacial score (nSPS) is 36.5. The Labute approximate surface area is 253 Å².